The second kappa shape index (κ2) is 8.16. The molecule has 8 nitrogen and oxygen atoms in total. The number of nitrogens with zero attached hydrogens (tertiary/aromatic N) is 4. The van der Waals surface area contributed by atoms with Crippen molar-refractivity contribution in [3.8, 4) is 11.3 Å². The summed E-state index contributed by atoms with van der Waals surface area (Å²) in [5.41, 5.74) is 3.71. The van der Waals surface area contributed by atoms with Gasteiger partial charge in [0.25, 0.3) is 5.69 Å². The maximum absolute atomic E-state index is 12.4. The van der Waals surface area contributed by atoms with Crippen LogP contribution in [0.15, 0.2) is 90.0 Å². The number of hydrogen-bond donors (Lipinski definition) is 0. The minimum atomic E-state index is -0.828. The molecule has 8 heteroatoms. The van der Waals surface area contributed by atoms with Crippen molar-refractivity contribution in [1.82, 2.24) is 9.99 Å². The van der Waals surface area contributed by atoms with E-state index in [2.05, 4.69) is 5.10 Å². The highest BCUT2D eigenvalue weighted by Crippen LogP contribution is 2.34. The van der Waals surface area contributed by atoms with Crippen LogP contribution in [0.4, 0.5) is 5.69 Å². The molecule has 2 heterocycles. The van der Waals surface area contributed by atoms with Crippen LogP contribution in [0, 0.1) is 10.1 Å². The second-order valence-electron chi connectivity index (χ2n) is 7.53. The molecular weight excluding hydrogens is 420 g/mol. The molecule has 4 aromatic rings. The number of carbonyl (C=O) groups excluding carboxylic acids is 1. The maximum Gasteiger partial charge on any atom is 0.269 e. The van der Waals surface area contributed by atoms with Crippen molar-refractivity contribution >= 4 is 28.4 Å². The average Bonchev–Trinajstić information content (AvgIpc) is 3.30. The number of non-ortho nitro benzene ring substituents is 1. The SMILES string of the molecule is CC(=O)N1N=C(c2cc(-c3ccccc3)nc3ccccc23)O[C@@H]1c1ccc([N+](=O)[O-])cc1. The lowest BCUT2D eigenvalue weighted by Gasteiger charge is -2.19. The summed E-state index contributed by atoms with van der Waals surface area (Å²) in [6.07, 6.45) is -0.828. The summed E-state index contributed by atoms with van der Waals surface area (Å²) >= 11 is 0. The topological polar surface area (TPSA) is 97.9 Å². The van der Waals surface area contributed by atoms with Crippen LogP contribution in [0.2, 0.25) is 0 Å². The third-order valence-corrected chi connectivity index (χ3v) is 5.37. The number of carbonyl (C=O) groups is 1. The molecule has 1 amide bonds. The lowest BCUT2D eigenvalue weighted by atomic mass is 10.0. The van der Waals surface area contributed by atoms with Crippen molar-refractivity contribution in [3.05, 3.63) is 106 Å². The maximum atomic E-state index is 12.4. The Labute approximate surface area is 188 Å². The minimum absolute atomic E-state index is 0.0418. The summed E-state index contributed by atoms with van der Waals surface area (Å²) in [6.45, 7) is 1.40. The molecule has 162 valence electrons. The van der Waals surface area contributed by atoms with Gasteiger partial charge in [0, 0.05) is 41.1 Å². The number of fused-ring (bicyclic) bond motifs is 1. The fourth-order valence-electron chi connectivity index (χ4n) is 3.76. The third-order valence-electron chi connectivity index (χ3n) is 5.37. The molecule has 1 atom stereocenters. The van der Waals surface area contributed by atoms with E-state index in [0.29, 0.717) is 11.1 Å². The fourth-order valence-corrected chi connectivity index (χ4v) is 3.76. The zero-order valence-electron chi connectivity index (χ0n) is 17.6. The number of aromatic nitrogens is 1. The van der Waals surface area contributed by atoms with E-state index in [9.17, 15) is 14.9 Å². The Bertz CT molecular complexity index is 1400. The van der Waals surface area contributed by atoms with Crippen molar-refractivity contribution < 1.29 is 14.5 Å². The van der Waals surface area contributed by atoms with E-state index in [4.69, 9.17) is 9.72 Å². The predicted octanol–water partition coefficient (Wildman–Crippen LogP) is 5.05. The van der Waals surface area contributed by atoms with E-state index in [0.717, 1.165) is 22.2 Å². The number of pyridine rings is 1. The van der Waals surface area contributed by atoms with Gasteiger partial charge in [-0.25, -0.2) is 4.98 Å². The summed E-state index contributed by atoms with van der Waals surface area (Å²) in [5, 5.41) is 17.6. The average molecular weight is 438 g/mol. The first-order chi connectivity index (χ1) is 16.0. The molecule has 0 spiro atoms. The van der Waals surface area contributed by atoms with Crippen molar-refractivity contribution in [2.45, 2.75) is 13.2 Å². The summed E-state index contributed by atoms with van der Waals surface area (Å²) in [7, 11) is 0. The molecule has 0 N–H and O–H groups in total. The van der Waals surface area contributed by atoms with E-state index < -0.39 is 11.2 Å². The Balaban J connectivity index is 1.60. The zero-order valence-corrected chi connectivity index (χ0v) is 17.6. The van der Waals surface area contributed by atoms with Gasteiger partial charge in [-0.3, -0.25) is 14.9 Å². The van der Waals surface area contributed by atoms with Crippen LogP contribution in [-0.4, -0.2) is 26.7 Å². The molecule has 0 saturated carbocycles. The van der Waals surface area contributed by atoms with Crippen molar-refractivity contribution in [2.75, 3.05) is 0 Å². The van der Waals surface area contributed by atoms with Gasteiger partial charge < -0.3 is 4.74 Å². The number of nitro benzene ring substituents is 1. The molecule has 0 saturated heterocycles. The number of hydrogen-bond acceptors (Lipinski definition) is 6. The van der Waals surface area contributed by atoms with Crippen molar-refractivity contribution in [3.63, 3.8) is 0 Å². The summed E-state index contributed by atoms with van der Waals surface area (Å²) in [4.78, 5) is 27.7. The zero-order chi connectivity index (χ0) is 22.9. The van der Waals surface area contributed by atoms with E-state index >= 15 is 0 Å². The van der Waals surface area contributed by atoms with Crippen LogP contribution in [0.25, 0.3) is 22.2 Å². The molecule has 1 aliphatic heterocycles. The molecule has 5 rings (SSSR count). The fraction of sp³-hybridized carbons (Fsp3) is 0.0800. The highest BCUT2D eigenvalue weighted by molar-refractivity contribution is 6.08. The van der Waals surface area contributed by atoms with Gasteiger partial charge >= 0.3 is 0 Å². The number of rotatable bonds is 4. The Morgan fingerprint density at radius 2 is 1.70 bits per heavy atom. The molecule has 1 aliphatic rings. The molecule has 0 fully saturated rings. The Morgan fingerprint density at radius 1 is 1.00 bits per heavy atom. The Kier molecular flexibility index (Phi) is 5.02. The summed E-state index contributed by atoms with van der Waals surface area (Å²) in [6, 6.07) is 25.2. The number of para-hydroxylation sites is 1. The molecule has 1 aromatic heterocycles. The van der Waals surface area contributed by atoms with Gasteiger partial charge in [0.1, 0.15) is 0 Å². The normalized spacial score (nSPS) is 15.2. The molecule has 0 radical (unpaired) electrons. The van der Waals surface area contributed by atoms with Crippen molar-refractivity contribution in [2.24, 2.45) is 5.10 Å². The van der Waals surface area contributed by atoms with Gasteiger partial charge in [-0.1, -0.05) is 48.5 Å². The van der Waals surface area contributed by atoms with E-state index in [1.807, 2.05) is 60.7 Å². The summed E-state index contributed by atoms with van der Waals surface area (Å²) in [5.74, 6) is -0.0284. The molecule has 33 heavy (non-hydrogen) atoms. The van der Waals surface area contributed by atoms with Crippen LogP contribution in [-0.2, 0) is 9.53 Å². The van der Waals surface area contributed by atoms with Crippen LogP contribution in [0.5, 0.6) is 0 Å². The standard InChI is InChI=1S/C25H18N4O4/c1-16(30)28-25(18-11-13-19(14-12-18)29(31)32)33-24(27-28)21-15-23(17-7-3-2-4-8-17)26-22-10-6-5-9-20(21)22/h2-15,25H,1H3/t25-/m1/s1. The Morgan fingerprint density at radius 3 is 2.39 bits per heavy atom. The Hall–Kier alpha value is -4.59. The number of nitro groups is 1. The smallest absolute Gasteiger partial charge is 0.269 e. The van der Waals surface area contributed by atoms with E-state index in [-0.39, 0.29) is 17.5 Å². The predicted molar refractivity (Wildman–Crippen MR) is 123 cm³/mol. The third kappa shape index (κ3) is 3.78. The van der Waals surface area contributed by atoms with E-state index in [1.54, 1.807) is 12.1 Å². The minimum Gasteiger partial charge on any atom is -0.446 e. The largest absolute Gasteiger partial charge is 0.446 e. The number of hydrazone groups is 1. The molecule has 3 aromatic carbocycles. The van der Waals surface area contributed by atoms with Gasteiger partial charge in [-0.05, 0) is 24.3 Å². The monoisotopic (exact) mass is 438 g/mol. The lowest BCUT2D eigenvalue weighted by Crippen LogP contribution is -2.25. The first-order valence-electron chi connectivity index (χ1n) is 10.3. The van der Waals surface area contributed by atoms with Gasteiger partial charge in [0.15, 0.2) is 0 Å². The summed E-state index contributed by atoms with van der Waals surface area (Å²) < 4.78 is 6.16. The first kappa shape index (κ1) is 20.3. The molecule has 0 aliphatic carbocycles. The van der Waals surface area contributed by atoms with Gasteiger partial charge in [0.05, 0.1) is 16.1 Å². The first-order valence-corrected chi connectivity index (χ1v) is 10.3. The van der Waals surface area contributed by atoms with Crippen LogP contribution in [0.3, 0.4) is 0 Å². The van der Waals surface area contributed by atoms with Crippen LogP contribution < -0.4 is 0 Å². The molecule has 0 unspecified atom stereocenters. The highest BCUT2D eigenvalue weighted by Gasteiger charge is 2.34. The number of ether oxygens (including phenoxy) is 1. The van der Waals surface area contributed by atoms with Crippen LogP contribution >= 0.6 is 0 Å². The second-order valence-corrected chi connectivity index (χ2v) is 7.53. The van der Waals surface area contributed by atoms with E-state index in [1.165, 1.54) is 24.1 Å². The highest BCUT2D eigenvalue weighted by atomic mass is 16.6. The number of benzene rings is 3. The molecule has 0 bridgehead atoms. The quantitative estimate of drug-likeness (QED) is 0.328. The number of amides is 1. The van der Waals surface area contributed by atoms with Gasteiger partial charge in [-0.2, -0.15) is 5.01 Å². The lowest BCUT2D eigenvalue weighted by molar-refractivity contribution is -0.384. The van der Waals surface area contributed by atoms with Crippen molar-refractivity contribution in [1.29, 1.82) is 0 Å². The van der Waals surface area contributed by atoms with Crippen LogP contribution in [0.1, 0.15) is 24.3 Å². The van der Waals surface area contributed by atoms with Gasteiger partial charge in [0.2, 0.25) is 18.0 Å². The molecular formula is C25H18N4O4. The van der Waals surface area contributed by atoms with Gasteiger partial charge in [-0.15, -0.1) is 5.10 Å².